The van der Waals surface area contributed by atoms with Crippen molar-refractivity contribution in [1.82, 2.24) is 0 Å². The molecule has 0 heterocycles. The van der Waals surface area contributed by atoms with Crippen LogP contribution in [0.5, 0.6) is 11.5 Å². The number of hydrogen-bond donors (Lipinski definition) is 1. The number of carbonyl (C=O) groups excluding carboxylic acids is 3. The molecule has 1 N–H and O–H groups in total. The Morgan fingerprint density at radius 3 is 2.48 bits per heavy atom. The van der Waals surface area contributed by atoms with E-state index in [1.165, 1.54) is 19.2 Å². The molecule has 0 spiro atoms. The van der Waals surface area contributed by atoms with Gasteiger partial charge in [-0.05, 0) is 24.3 Å². The molecule has 0 amide bonds. The van der Waals surface area contributed by atoms with Gasteiger partial charge in [-0.3, -0.25) is 9.59 Å². The second-order valence-electron chi connectivity index (χ2n) is 4.22. The molecule has 1 aliphatic carbocycles. The van der Waals surface area contributed by atoms with Gasteiger partial charge in [0, 0.05) is 17.2 Å². The van der Waals surface area contributed by atoms with Crippen LogP contribution in [0, 0.1) is 0 Å². The van der Waals surface area contributed by atoms with Gasteiger partial charge in [-0.2, -0.15) is 0 Å². The number of hydrogen-bond acceptors (Lipinski definition) is 6. The average Bonchev–Trinajstić information content (AvgIpc) is 2.48. The largest absolute Gasteiger partial charge is 0.507 e. The maximum Gasteiger partial charge on any atom is 0.342 e. The van der Waals surface area contributed by atoms with Gasteiger partial charge in [0.15, 0.2) is 11.6 Å². The zero-order valence-corrected chi connectivity index (χ0v) is 11.4. The lowest BCUT2D eigenvalue weighted by molar-refractivity contribution is -0.113. The molecule has 0 radical (unpaired) electrons. The minimum Gasteiger partial charge on any atom is -0.507 e. The van der Waals surface area contributed by atoms with Crippen LogP contribution >= 0.6 is 0 Å². The van der Waals surface area contributed by atoms with Gasteiger partial charge in [0.25, 0.3) is 0 Å². The maximum absolute atomic E-state index is 11.9. The zero-order chi connectivity index (χ0) is 15.6. The van der Waals surface area contributed by atoms with Crippen LogP contribution in [0.25, 0.3) is 5.57 Å². The standard InChI is InChI=1S/C15H12O6/c1-20-9-6-11(10-5-8(16)3-4-12(10)17)14(13(18)7-9)15(19)21-2/h3-7,18H,1-2H3. The number of rotatable bonds is 3. The second-order valence-corrected chi connectivity index (χ2v) is 4.22. The van der Waals surface area contributed by atoms with Crippen molar-refractivity contribution in [1.29, 1.82) is 0 Å². The van der Waals surface area contributed by atoms with Crippen molar-refractivity contribution in [3.8, 4) is 11.5 Å². The first-order valence-electron chi connectivity index (χ1n) is 5.95. The summed E-state index contributed by atoms with van der Waals surface area (Å²) in [6.45, 7) is 0. The second kappa shape index (κ2) is 5.62. The Morgan fingerprint density at radius 2 is 1.86 bits per heavy atom. The number of benzene rings is 1. The minimum absolute atomic E-state index is 0.00269. The maximum atomic E-state index is 11.9. The fourth-order valence-electron chi connectivity index (χ4n) is 1.97. The number of carbonyl (C=O) groups is 3. The third-order valence-corrected chi connectivity index (χ3v) is 2.96. The number of aromatic hydroxyl groups is 1. The monoisotopic (exact) mass is 288 g/mol. The van der Waals surface area contributed by atoms with Crippen LogP contribution in [0.2, 0.25) is 0 Å². The summed E-state index contributed by atoms with van der Waals surface area (Å²) in [6, 6.07) is 2.61. The van der Waals surface area contributed by atoms with E-state index in [0.717, 1.165) is 25.3 Å². The number of allylic oxidation sites excluding steroid dienone is 4. The van der Waals surface area contributed by atoms with E-state index in [-0.39, 0.29) is 28.2 Å². The van der Waals surface area contributed by atoms with E-state index in [9.17, 15) is 19.5 Å². The number of phenolic OH excluding ortho intramolecular Hbond substituents is 1. The molecule has 0 saturated carbocycles. The minimum atomic E-state index is -0.819. The van der Waals surface area contributed by atoms with Crippen molar-refractivity contribution < 1.29 is 29.0 Å². The molecule has 0 unspecified atom stereocenters. The Morgan fingerprint density at radius 1 is 1.14 bits per heavy atom. The van der Waals surface area contributed by atoms with Gasteiger partial charge in [-0.25, -0.2) is 4.79 Å². The first-order valence-corrected chi connectivity index (χ1v) is 5.95. The molecule has 0 saturated heterocycles. The summed E-state index contributed by atoms with van der Waals surface area (Å²) >= 11 is 0. The Kier molecular flexibility index (Phi) is 3.89. The first kappa shape index (κ1) is 14.5. The molecular formula is C15H12O6. The summed E-state index contributed by atoms with van der Waals surface area (Å²) in [7, 11) is 2.52. The van der Waals surface area contributed by atoms with E-state index in [2.05, 4.69) is 4.74 Å². The van der Waals surface area contributed by atoms with Gasteiger partial charge in [-0.15, -0.1) is 0 Å². The van der Waals surface area contributed by atoms with Crippen molar-refractivity contribution in [3.63, 3.8) is 0 Å². The van der Waals surface area contributed by atoms with Gasteiger partial charge in [0.1, 0.15) is 17.1 Å². The molecule has 21 heavy (non-hydrogen) atoms. The Hall–Kier alpha value is -2.89. The van der Waals surface area contributed by atoms with Crippen LogP contribution in [0.1, 0.15) is 15.9 Å². The smallest absolute Gasteiger partial charge is 0.342 e. The molecule has 0 bridgehead atoms. The highest BCUT2D eigenvalue weighted by atomic mass is 16.5. The summed E-state index contributed by atoms with van der Waals surface area (Å²) in [5.74, 6) is -1.81. The highest BCUT2D eigenvalue weighted by Gasteiger charge is 2.25. The summed E-state index contributed by atoms with van der Waals surface area (Å²) in [5, 5.41) is 9.97. The summed E-state index contributed by atoms with van der Waals surface area (Å²) < 4.78 is 9.61. The lowest BCUT2D eigenvalue weighted by Gasteiger charge is -2.14. The number of methoxy groups -OCH3 is 2. The van der Waals surface area contributed by atoms with E-state index in [4.69, 9.17) is 4.74 Å². The van der Waals surface area contributed by atoms with Crippen molar-refractivity contribution in [2.24, 2.45) is 0 Å². The number of ketones is 2. The summed E-state index contributed by atoms with van der Waals surface area (Å²) in [4.78, 5) is 35.2. The van der Waals surface area contributed by atoms with Crippen LogP contribution in [0.3, 0.4) is 0 Å². The topological polar surface area (TPSA) is 89.9 Å². The van der Waals surface area contributed by atoms with E-state index in [1.807, 2.05) is 0 Å². The van der Waals surface area contributed by atoms with E-state index >= 15 is 0 Å². The van der Waals surface area contributed by atoms with Crippen LogP contribution in [-0.2, 0) is 14.3 Å². The van der Waals surface area contributed by atoms with Crippen LogP contribution in [0.4, 0.5) is 0 Å². The number of phenols is 1. The predicted octanol–water partition coefficient (Wildman–Crippen LogP) is 1.28. The molecule has 1 aromatic rings. The van der Waals surface area contributed by atoms with Crippen LogP contribution in [0.15, 0.2) is 30.4 Å². The molecule has 1 aromatic carbocycles. The van der Waals surface area contributed by atoms with Gasteiger partial charge < -0.3 is 14.6 Å². The quantitative estimate of drug-likeness (QED) is 0.665. The van der Waals surface area contributed by atoms with Gasteiger partial charge in [0.2, 0.25) is 0 Å². The van der Waals surface area contributed by atoms with Crippen molar-refractivity contribution in [2.75, 3.05) is 14.2 Å². The molecule has 0 fully saturated rings. The fourth-order valence-corrected chi connectivity index (χ4v) is 1.97. The van der Waals surface area contributed by atoms with Crippen LogP contribution in [-0.4, -0.2) is 36.9 Å². The van der Waals surface area contributed by atoms with Crippen molar-refractivity contribution in [3.05, 3.63) is 41.5 Å². The zero-order valence-electron chi connectivity index (χ0n) is 11.4. The highest BCUT2D eigenvalue weighted by Crippen LogP contribution is 2.34. The first-order chi connectivity index (χ1) is 9.97. The third-order valence-electron chi connectivity index (χ3n) is 2.96. The summed E-state index contributed by atoms with van der Waals surface area (Å²) in [6.07, 6.45) is 3.34. The van der Waals surface area contributed by atoms with Crippen molar-refractivity contribution >= 4 is 23.1 Å². The molecule has 6 nitrogen and oxygen atoms in total. The third kappa shape index (κ3) is 2.69. The SMILES string of the molecule is COC(=O)c1c(O)cc(OC)cc1C1=CC(=O)C=CC1=O. The summed E-state index contributed by atoms with van der Waals surface area (Å²) in [5.41, 5.74) is -0.112. The van der Waals surface area contributed by atoms with Crippen molar-refractivity contribution in [2.45, 2.75) is 0 Å². The molecule has 0 atom stereocenters. The van der Waals surface area contributed by atoms with Crippen LogP contribution < -0.4 is 4.74 Å². The Balaban J connectivity index is 2.71. The Bertz CT molecular complexity index is 696. The molecule has 0 aliphatic heterocycles. The average molecular weight is 288 g/mol. The number of ether oxygens (including phenoxy) is 2. The van der Waals surface area contributed by atoms with Gasteiger partial charge in [0.05, 0.1) is 14.2 Å². The molecule has 1 aliphatic rings. The molecule has 6 heteroatoms. The van der Waals surface area contributed by atoms with E-state index < -0.39 is 17.5 Å². The predicted molar refractivity (Wildman–Crippen MR) is 73.1 cm³/mol. The molecule has 108 valence electrons. The molecule has 0 aromatic heterocycles. The number of esters is 1. The lowest BCUT2D eigenvalue weighted by Crippen LogP contribution is -2.12. The molecule has 2 rings (SSSR count). The highest BCUT2D eigenvalue weighted by molar-refractivity contribution is 6.35. The van der Waals surface area contributed by atoms with E-state index in [1.54, 1.807) is 0 Å². The lowest BCUT2D eigenvalue weighted by atomic mass is 9.92. The Labute approximate surface area is 120 Å². The van der Waals surface area contributed by atoms with E-state index in [0.29, 0.717) is 0 Å². The van der Waals surface area contributed by atoms with Gasteiger partial charge in [-0.1, -0.05) is 0 Å². The molecular weight excluding hydrogens is 276 g/mol. The fraction of sp³-hybridized carbons (Fsp3) is 0.133. The normalized spacial score (nSPS) is 13.9. The van der Waals surface area contributed by atoms with Gasteiger partial charge >= 0.3 is 5.97 Å².